The molecule has 0 unspecified atom stereocenters. The van der Waals surface area contributed by atoms with Gasteiger partial charge in [-0.15, -0.1) is 0 Å². The minimum absolute atomic E-state index is 0.173. The highest BCUT2D eigenvalue weighted by molar-refractivity contribution is 6.74. The van der Waals surface area contributed by atoms with Gasteiger partial charge >= 0.3 is 6.15 Å². The summed E-state index contributed by atoms with van der Waals surface area (Å²) in [5.74, 6) is 0.199. The average Bonchev–Trinajstić information content (AvgIpc) is 2.51. The molecule has 0 aliphatic heterocycles. The van der Waals surface area contributed by atoms with E-state index in [-0.39, 0.29) is 17.0 Å². The molecule has 0 saturated heterocycles. The number of carbonyl (C=O) groups is 1. The van der Waals surface area contributed by atoms with Crippen LogP contribution < -0.4 is 0 Å². The number of nitrogens with zero attached hydrogens (tertiary/aromatic N) is 1. The van der Waals surface area contributed by atoms with Crippen LogP contribution in [0.4, 0.5) is 0 Å². The summed E-state index contributed by atoms with van der Waals surface area (Å²) in [6, 6.07) is 5.90. The van der Waals surface area contributed by atoms with Gasteiger partial charge in [-0.1, -0.05) is 47.6 Å². The molecular weight excluding hydrogens is 358 g/mol. The van der Waals surface area contributed by atoms with Crippen molar-refractivity contribution in [2.75, 3.05) is 0 Å². The molecule has 0 aliphatic rings. The molecule has 0 atom stereocenters. The Morgan fingerprint density at radius 2 is 1.52 bits per heavy atom. The van der Waals surface area contributed by atoms with Gasteiger partial charge in [-0.2, -0.15) is 9.59 Å². The van der Waals surface area contributed by atoms with Crippen molar-refractivity contribution in [1.29, 1.82) is 0 Å². The van der Waals surface area contributed by atoms with E-state index in [1.165, 1.54) is 0 Å². The van der Waals surface area contributed by atoms with Crippen molar-refractivity contribution in [3.8, 4) is 0 Å². The first-order valence-corrected chi connectivity index (χ1v) is 12.1. The number of aromatic nitrogens is 1. The van der Waals surface area contributed by atoms with E-state index in [1.54, 1.807) is 0 Å². The van der Waals surface area contributed by atoms with Crippen LogP contribution in [0.25, 0.3) is 0 Å². The molecule has 0 spiro atoms. The molecule has 1 rings (SSSR count). The molecule has 6 heteroatoms. The molecule has 1 aromatic rings. The van der Waals surface area contributed by atoms with E-state index >= 15 is 0 Å². The Bertz CT molecular complexity index is 676. The van der Waals surface area contributed by atoms with E-state index in [0.29, 0.717) is 6.61 Å². The van der Waals surface area contributed by atoms with Gasteiger partial charge in [0, 0.05) is 5.41 Å². The summed E-state index contributed by atoms with van der Waals surface area (Å²) in [4.78, 5) is 33.8. The van der Waals surface area contributed by atoms with Crippen molar-refractivity contribution in [3.05, 3.63) is 29.6 Å². The maximum absolute atomic E-state index is 12.8. The van der Waals surface area contributed by atoms with Crippen LogP contribution in [-0.2, 0) is 30.8 Å². The van der Waals surface area contributed by atoms with E-state index in [4.69, 9.17) is 19.0 Å². The molecule has 27 heavy (non-hydrogen) atoms. The summed E-state index contributed by atoms with van der Waals surface area (Å²) in [5, 5.41) is 0.173. The fourth-order valence-electron chi connectivity index (χ4n) is 2.43. The third kappa shape index (κ3) is 7.13. The highest BCUT2D eigenvalue weighted by atomic mass is 28.4. The molecular formula is C21H35NO4Si. The van der Waals surface area contributed by atoms with Crippen LogP contribution in [0.3, 0.4) is 0 Å². The average molecular weight is 394 g/mol. The summed E-state index contributed by atoms with van der Waals surface area (Å²) in [5.41, 5.74) is 0.718. The molecule has 0 bridgehead atoms. The number of rotatable bonds is 5. The first-order chi connectivity index (χ1) is 12.0. The summed E-state index contributed by atoms with van der Waals surface area (Å²) < 4.78 is 6.27. The molecule has 1 aromatic heterocycles. The molecule has 152 valence electrons. The molecule has 0 amide bonds. The van der Waals surface area contributed by atoms with Gasteiger partial charge in [0.1, 0.15) is 5.78 Å². The summed E-state index contributed by atoms with van der Waals surface area (Å²) in [7, 11) is -1.81. The van der Waals surface area contributed by atoms with Gasteiger partial charge in [-0.3, -0.25) is 9.78 Å². The van der Waals surface area contributed by atoms with Crippen molar-refractivity contribution in [2.24, 2.45) is 5.41 Å². The van der Waals surface area contributed by atoms with Gasteiger partial charge in [0.05, 0.1) is 23.4 Å². The summed E-state index contributed by atoms with van der Waals surface area (Å²) in [6.07, 6.45) is 0.250. The standard InChI is InChI=1S/C20H35NO2Si.CO2/c1-18(2,3)17(22)20(7,8)16-13-11-12-15(21-16)14-23-24(9,10)19(4,5)6;2-1-3/h11-13H,14H2,1-10H3;. The topological polar surface area (TPSA) is 73.3 Å². The van der Waals surface area contributed by atoms with Crippen molar-refractivity contribution in [2.45, 2.75) is 85.5 Å². The van der Waals surface area contributed by atoms with Crippen LogP contribution in [0.15, 0.2) is 18.2 Å². The monoisotopic (exact) mass is 393 g/mol. The second-order valence-corrected chi connectivity index (χ2v) is 14.7. The third-order valence-electron chi connectivity index (χ3n) is 5.08. The Balaban J connectivity index is 0.00000210. The van der Waals surface area contributed by atoms with Crippen LogP contribution in [0.2, 0.25) is 18.1 Å². The SMILES string of the molecule is CC(C)(C)C(=O)C(C)(C)c1cccc(CO[Si](C)(C)C(C)(C)C)n1.O=C=O. The Morgan fingerprint density at radius 3 is 1.93 bits per heavy atom. The number of ketones is 1. The normalized spacial score (nSPS) is 12.7. The Hall–Kier alpha value is -1.62. The lowest BCUT2D eigenvalue weighted by molar-refractivity contribution is -0.191. The number of hydrogen-bond acceptors (Lipinski definition) is 5. The maximum atomic E-state index is 12.8. The largest absolute Gasteiger partial charge is 0.411 e. The Morgan fingerprint density at radius 1 is 1.04 bits per heavy atom. The minimum Gasteiger partial charge on any atom is -0.411 e. The minimum atomic E-state index is -1.81. The molecule has 1 heterocycles. The lowest BCUT2D eigenvalue weighted by atomic mass is 9.73. The van der Waals surface area contributed by atoms with E-state index in [2.05, 4.69) is 33.9 Å². The van der Waals surface area contributed by atoms with Crippen LogP contribution in [0.5, 0.6) is 0 Å². The van der Waals surface area contributed by atoms with Crippen LogP contribution in [-0.4, -0.2) is 25.2 Å². The van der Waals surface area contributed by atoms with Crippen molar-refractivity contribution in [3.63, 3.8) is 0 Å². The first-order valence-electron chi connectivity index (χ1n) is 9.15. The summed E-state index contributed by atoms with van der Waals surface area (Å²) in [6.45, 7) is 21.5. The number of carbonyl (C=O) groups excluding carboxylic acids is 3. The second-order valence-electron chi connectivity index (χ2n) is 9.85. The third-order valence-corrected chi connectivity index (χ3v) is 9.56. The van der Waals surface area contributed by atoms with Gasteiger partial charge in [-0.25, -0.2) is 0 Å². The lowest BCUT2D eigenvalue weighted by Crippen LogP contribution is -2.41. The second kappa shape index (κ2) is 9.05. The quantitative estimate of drug-likeness (QED) is 0.664. The highest BCUT2D eigenvalue weighted by Crippen LogP contribution is 2.37. The van der Waals surface area contributed by atoms with Gasteiger partial charge in [0.25, 0.3) is 0 Å². The fraction of sp³-hybridized carbons (Fsp3) is 0.667. The zero-order chi connectivity index (χ0) is 21.7. The van der Waals surface area contributed by atoms with Gasteiger partial charge < -0.3 is 4.43 Å². The number of Topliss-reactive ketones (excluding diaryl/α,β-unsaturated/α-hetero) is 1. The van der Waals surface area contributed by atoms with Crippen molar-refractivity contribution < 1.29 is 18.8 Å². The molecule has 0 fully saturated rings. The van der Waals surface area contributed by atoms with Crippen molar-refractivity contribution in [1.82, 2.24) is 4.98 Å². The van der Waals surface area contributed by atoms with E-state index in [9.17, 15) is 4.79 Å². The van der Waals surface area contributed by atoms with Crippen LogP contribution in [0.1, 0.15) is 66.8 Å². The first kappa shape index (κ1) is 25.4. The van der Waals surface area contributed by atoms with Crippen LogP contribution in [0, 0.1) is 5.41 Å². The van der Waals surface area contributed by atoms with Gasteiger partial charge in [0.2, 0.25) is 0 Å². The molecule has 0 radical (unpaired) electrons. The van der Waals surface area contributed by atoms with E-state index < -0.39 is 19.1 Å². The van der Waals surface area contributed by atoms with E-state index in [1.807, 2.05) is 52.8 Å². The molecule has 0 saturated carbocycles. The van der Waals surface area contributed by atoms with Crippen LogP contribution >= 0.6 is 0 Å². The predicted molar refractivity (Wildman–Crippen MR) is 109 cm³/mol. The fourth-order valence-corrected chi connectivity index (χ4v) is 3.37. The summed E-state index contributed by atoms with van der Waals surface area (Å²) >= 11 is 0. The molecule has 0 aromatic carbocycles. The van der Waals surface area contributed by atoms with E-state index in [0.717, 1.165) is 11.4 Å². The van der Waals surface area contributed by atoms with Crippen molar-refractivity contribution >= 4 is 20.3 Å². The molecule has 5 nitrogen and oxygen atoms in total. The Kier molecular flexibility index (Phi) is 8.50. The maximum Gasteiger partial charge on any atom is 0.373 e. The zero-order valence-corrected chi connectivity index (χ0v) is 19.5. The molecule has 0 N–H and O–H groups in total. The highest BCUT2D eigenvalue weighted by Gasteiger charge is 2.39. The lowest BCUT2D eigenvalue weighted by Gasteiger charge is -2.36. The Labute approximate surface area is 165 Å². The smallest absolute Gasteiger partial charge is 0.373 e. The zero-order valence-electron chi connectivity index (χ0n) is 18.5. The van der Waals surface area contributed by atoms with Gasteiger partial charge in [-0.05, 0) is 44.1 Å². The number of pyridine rings is 1. The predicted octanol–water partition coefficient (Wildman–Crippen LogP) is 4.91. The number of hydrogen-bond donors (Lipinski definition) is 0. The van der Waals surface area contributed by atoms with Gasteiger partial charge in [0.15, 0.2) is 8.32 Å². The molecule has 0 aliphatic carbocycles.